The average Bonchev–Trinajstić information content (AvgIpc) is 2.58. The summed E-state index contributed by atoms with van der Waals surface area (Å²) in [6.07, 6.45) is 2.53. The predicted octanol–water partition coefficient (Wildman–Crippen LogP) is -0.525. The lowest BCUT2D eigenvalue weighted by Crippen LogP contribution is -2.35. The number of nitrogens with zero attached hydrogens (tertiary/aromatic N) is 3. The van der Waals surface area contributed by atoms with Gasteiger partial charge in [-0.1, -0.05) is 0 Å². The van der Waals surface area contributed by atoms with Crippen LogP contribution in [0.2, 0.25) is 0 Å². The Bertz CT molecular complexity index is 298. The van der Waals surface area contributed by atoms with Gasteiger partial charge >= 0.3 is 0 Å². The molecule has 0 spiro atoms. The lowest BCUT2D eigenvalue weighted by atomic mass is 10.3. The molecule has 1 unspecified atom stereocenters. The van der Waals surface area contributed by atoms with Crippen LogP contribution < -0.4 is 5.32 Å². The van der Waals surface area contributed by atoms with E-state index in [1.54, 1.807) is 4.68 Å². The SMILES string of the molecule is CN(C)CC(O)CNCCc1ccn(C)n1. The fraction of sp³-hybridized carbons (Fsp3) is 0.727. The van der Waals surface area contributed by atoms with Gasteiger partial charge in [0.05, 0.1) is 11.8 Å². The van der Waals surface area contributed by atoms with Crippen molar-refractivity contribution in [1.82, 2.24) is 20.0 Å². The van der Waals surface area contributed by atoms with Crippen LogP contribution >= 0.6 is 0 Å². The van der Waals surface area contributed by atoms with Gasteiger partial charge in [0.25, 0.3) is 0 Å². The van der Waals surface area contributed by atoms with Crippen molar-refractivity contribution in [2.24, 2.45) is 7.05 Å². The summed E-state index contributed by atoms with van der Waals surface area (Å²) in [7, 11) is 5.83. The van der Waals surface area contributed by atoms with Gasteiger partial charge in [0.15, 0.2) is 0 Å². The van der Waals surface area contributed by atoms with Gasteiger partial charge in [-0.15, -0.1) is 0 Å². The van der Waals surface area contributed by atoms with Crippen molar-refractivity contribution >= 4 is 0 Å². The van der Waals surface area contributed by atoms with Crippen LogP contribution in [0.15, 0.2) is 12.3 Å². The first kappa shape index (κ1) is 13.2. The lowest BCUT2D eigenvalue weighted by Gasteiger charge is -2.16. The summed E-state index contributed by atoms with van der Waals surface area (Å²) in [6.45, 7) is 2.17. The molecule has 0 aliphatic carbocycles. The minimum Gasteiger partial charge on any atom is -0.390 e. The van der Waals surface area contributed by atoms with Crippen molar-refractivity contribution in [1.29, 1.82) is 0 Å². The minimum absolute atomic E-state index is 0.307. The molecule has 5 heteroatoms. The number of aryl methyl sites for hydroxylation is 1. The number of rotatable bonds is 7. The molecule has 1 aromatic heterocycles. The van der Waals surface area contributed by atoms with Crippen molar-refractivity contribution in [2.75, 3.05) is 33.7 Å². The predicted molar refractivity (Wildman–Crippen MR) is 64.3 cm³/mol. The van der Waals surface area contributed by atoms with Crippen LogP contribution in [0, 0.1) is 0 Å². The van der Waals surface area contributed by atoms with Gasteiger partial charge in [-0.2, -0.15) is 5.10 Å². The van der Waals surface area contributed by atoms with Crippen LogP contribution in [-0.4, -0.2) is 59.6 Å². The Kier molecular flexibility index (Phi) is 5.45. The molecule has 1 heterocycles. The van der Waals surface area contributed by atoms with E-state index in [0.29, 0.717) is 13.1 Å². The first-order valence-electron chi connectivity index (χ1n) is 5.60. The van der Waals surface area contributed by atoms with Crippen LogP contribution in [-0.2, 0) is 13.5 Å². The quantitative estimate of drug-likeness (QED) is 0.614. The second-order valence-electron chi connectivity index (χ2n) is 4.35. The van der Waals surface area contributed by atoms with Gasteiger partial charge in [-0.05, 0) is 20.2 Å². The molecule has 0 radical (unpaired) electrons. The van der Waals surface area contributed by atoms with E-state index in [-0.39, 0.29) is 6.10 Å². The average molecular weight is 226 g/mol. The summed E-state index contributed by atoms with van der Waals surface area (Å²) in [6, 6.07) is 2.01. The second kappa shape index (κ2) is 6.62. The summed E-state index contributed by atoms with van der Waals surface area (Å²) in [5.74, 6) is 0. The van der Waals surface area contributed by atoms with Crippen molar-refractivity contribution in [3.8, 4) is 0 Å². The topological polar surface area (TPSA) is 53.3 Å². The zero-order valence-corrected chi connectivity index (χ0v) is 10.3. The van der Waals surface area contributed by atoms with E-state index in [9.17, 15) is 5.11 Å². The molecule has 0 aromatic carbocycles. The highest BCUT2D eigenvalue weighted by Crippen LogP contribution is 1.94. The van der Waals surface area contributed by atoms with Crippen molar-refractivity contribution in [3.05, 3.63) is 18.0 Å². The minimum atomic E-state index is -0.307. The van der Waals surface area contributed by atoms with Crippen LogP contribution in [0.5, 0.6) is 0 Å². The highest BCUT2D eigenvalue weighted by Gasteiger charge is 2.04. The number of hydrogen-bond donors (Lipinski definition) is 2. The summed E-state index contributed by atoms with van der Waals surface area (Å²) < 4.78 is 1.80. The Morgan fingerprint density at radius 2 is 2.31 bits per heavy atom. The van der Waals surface area contributed by atoms with Crippen LogP contribution in [0.1, 0.15) is 5.69 Å². The summed E-state index contributed by atoms with van der Waals surface area (Å²) in [4.78, 5) is 1.98. The zero-order valence-electron chi connectivity index (χ0n) is 10.3. The van der Waals surface area contributed by atoms with Crippen LogP contribution in [0.3, 0.4) is 0 Å². The maximum Gasteiger partial charge on any atom is 0.0791 e. The van der Waals surface area contributed by atoms with E-state index in [0.717, 1.165) is 18.7 Å². The molecule has 0 amide bonds. The summed E-state index contributed by atoms with van der Waals surface area (Å²) >= 11 is 0. The molecule has 92 valence electrons. The van der Waals surface area contributed by atoms with E-state index in [1.807, 2.05) is 38.3 Å². The molecule has 5 nitrogen and oxygen atoms in total. The standard InChI is InChI=1S/C11H22N4O/c1-14(2)9-11(16)8-12-6-4-10-5-7-15(3)13-10/h5,7,11-12,16H,4,6,8-9H2,1-3H3. The fourth-order valence-corrected chi connectivity index (χ4v) is 1.57. The van der Waals surface area contributed by atoms with Crippen molar-refractivity contribution in [2.45, 2.75) is 12.5 Å². The Labute approximate surface area is 97.1 Å². The number of likely N-dealkylation sites (N-methyl/N-ethyl adjacent to an activating group) is 1. The Hall–Kier alpha value is -0.910. The van der Waals surface area contributed by atoms with Gasteiger partial charge < -0.3 is 15.3 Å². The normalized spacial score (nSPS) is 13.3. The van der Waals surface area contributed by atoms with Crippen LogP contribution in [0.25, 0.3) is 0 Å². The van der Waals surface area contributed by atoms with Crippen molar-refractivity contribution in [3.63, 3.8) is 0 Å². The number of aromatic nitrogens is 2. The largest absolute Gasteiger partial charge is 0.390 e. The molecular formula is C11H22N4O. The molecule has 16 heavy (non-hydrogen) atoms. The van der Waals surface area contributed by atoms with E-state index < -0.39 is 0 Å². The smallest absolute Gasteiger partial charge is 0.0791 e. The first-order chi connectivity index (χ1) is 7.58. The molecule has 0 saturated carbocycles. The molecule has 1 aromatic rings. The molecule has 0 bridgehead atoms. The summed E-state index contributed by atoms with van der Waals surface area (Å²) in [5.41, 5.74) is 1.08. The number of nitrogens with one attached hydrogen (secondary N) is 1. The van der Waals surface area contributed by atoms with Crippen LogP contribution in [0.4, 0.5) is 0 Å². The molecule has 0 aliphatic heterocycles. The Morgan fingerprint density at radius 3 is 2.88 bits per heavy atom. The molecule has 0 saturated heterocycles. The van der Waals surface area contributed by atoms with Gasteiger partial charge in [0, 0.05) is 39.3 Å². The summed E-state index contributed by atoms with van der Waals surface area (Å²) in [5, 5.41) is 17.1. The number of aliphatic hydroxyl groups excluding tert-OH is 1. The maximum absolute atomic E-state index is 9.60. The number of hydrogen-bond acceptors (Lipinski definition) is 4. The van der Waals surface area contributed by atoms with Gasteiger partial charge in [0.2, 0.25) is 0 Å². The third-order valence-electron chi connectivity index (χ3n) is 2.28. The molecule has 0 fully saturated rings. The second-order valence-corrected chi connectivity index (χ2v) is 4.35. The Balaban J connectivity index is 2.07. The maximum atomic E-state index is 9.60. The van der Waals surface area contributed by atoms with E-state index in [1.165, 1.54) is 0 Å². The highest BCUT2D eigenvalue weighted by atomic mass is 16.3. The van der Waals surface area contributed by atoms with Crippen molar-refractivity contribution < 1.29 is 5.11 Å². The monoisotopic (exact) mass is 226 g/mol. The zero-order chi connectivity index (χ0) is 12.0. The third-order valence-corrected chi connectivity index (χ3v) is 2.28. The molecule has 1 rings (SSSR count). The Morgan fingerprint density at radius 1 is 1.56 bits per heavy atom. The van der Waals surface area contributed by atoms with E-state index >= 15 is 0 Å². The fourth-order valence-electron chi connectivity index (χ4n) is 1.57. The highest BCUT2D eigenvalue weighted by molar-refractivity contribution is 4.98. The molecule has 1 atom stereocenters. The molecule has 0 aliphatic rings. The molecule has 2 N–H and O–H groups in total. The van der Waals surface area contributed by atoms with E-state index in [4.69, 9.17) is 0 Å². The van der Waals surface area contributed by atoms with E-state index in [2.05, 4.69) is 10.4 Å². The van der Waals surface area contributed by atoms with Gasteiger partial charge in [-0.3, -0.25) is 4.68 Å². The first-order valence-corrected chi connectivity index (χ1v) is 5.60. The third kappa shape index (κ3) is 5.25. The van der Waals surface area contributed by atoms with Gasteiger partial charge in [-0.25, -0.2) is 0 Å². The number of aliphatic hydroxyl groups is 1. The van der Waals surface area contributed by atoms with Gasteiger partial charge in [0.1, 0.15) is 0 Å². The molecular weight excluding hydrogens is 204 g/mol. The lowest BCUT2D eigenvalue weighted by molar-refractivity contribution is 0.135.